The third kappa shape index (κ3) is 2.03. The van der Waals surface area contributed by atoms with E-state index in [0.29, 0.717) is 10.7 Å². The Labute approximate surface area is 142 Å². The summed E-state index contributed by atoms with van der Waals surface area (Å²) in [6.07, 6.45) is 3.82. The number of nitrogen functional groups attached to an aromatic ring is 1. The van der Waals surface area contributed by atoms with Gasteiger partial charge in [0.1, 0.15) is 6.23 Å². The summed E-state index contributed by atoms with van der Waals surface area (Å²) in [6, 6.07) is 3.82. The lowest BCUT2D eigenvalue weighted by atomic mass is 9.60. The van der Waals surface area contributed by atoms with Gasteiger partial charge in [-0.1, -0.05) is 11.6 Å². The number of rotatable bonds is 2. The van der Waals surface area contributed by atoms with Crippen molar-refractivity contribution in [3.05, 3.63) is 28.3 Å². The second-order valence-electron chi connectivity index (χ2n) is 8.36. The third-order valence-electron chi connectivity index (χ3n) is 7.37. The van der Waals surface area contributed by atoms with Crippen LogP contribution in [0.15, 0.2) is 12.1 Å². The topological polar surface area (TPSA) is 49.5 Å². The second-order valence-corrected chi connectivity index (χ2v) is 8.76. The number of nitrogens with zero attached hydrogens (tertiary/aromatic N) is 1. The van der Waals surface area contributed by atoms with E-state index in [9.17, 15) is 5.11 Å². The summed E-state index contributed by atoms with van der Waals surface area (Å²) in [5, 5.41) is 11.5. The summed E-state index contributed by atoms with van der Waals surface area (Å²) >= 11 is 6.22. The fourth-order valence-electron chi connectivity index (χ4n) is 6.23. The van der Waals surface area contributed by atoms with E-state index in [1.165, 1.54) is 19.3 Å². The molecule has 5 aliphatic rings. The highest BCUT2D eigenvalue weighted by atomic mass is 35.5. The molecule has 1 aromatic carbocycles. The average Bonchev–Trinajstić information content (AvgIpc) is 3.23. The molecule has 1 aliphatic heterocycles. The number of hydrogen-bond acceptors (Lipinski definition) is 3. The summed E-state index contributed by atoms with van der Waals surface area (Å²) in [4.78, 5) is 2.28. The first-order chi connectivity index (χ1) is 11.0. The van der Waals surface area contributed by atoms with Gasteiger partial charge in [-0.05, 0) is 85.0 Å². The highest BCUT2D eigenvalue weighted by molar-refractivity contribution is 6.33. The van der Waals surface area contributed by atoms with E-state index in [-0.39, 0.29) is 0 Å². The van der Waals surface area contributed by atoms with Crippen molar-refractivity contribution in [1.82, 2.24) is 4.90 Å². The number of hydrogen-bond donors (Lipinski definition) is 2. The standard InChI is InChI=1S/C19H25ClN2O/c1-9-4-10(5-17(20)18(9)21)19(23)22-7-15-11-2-3-12(16(15)8-22)14-6-13(11)14/h4-5,11-16,19,23H,2-3,6-8,21H2,1H3. The number of fused-ring (bicyclic) bond motifs is 1. The number of benzene rings is 1. The van der Waals surface area contributed by atoms with Gasteiger partial charge in [0.15, 0.2) is 0 Å². The predicted octanol–water partition coefficient (Wildman–Crippen LogP) is 3.45. The molecule has 124 valence electrons. The van der Waals surface area contributed by atoms with Crippen LogP contribution >= 0.6 is 11.6 Å². The van der Waals surface area contributed by atoms with Crippen molar-refractivity contribution in [1.29, 1.82) is 0 Å². The summed E-state index contributed by atoms with van der Waals surface area (Å²) in [5.41, 5.74) is 8.39. The molecule has 1 aromatic rings. The van der Waals surface area contributed by atoms with E-state index in [0.717, 1.165) is 59.7 Å². The van der Waals surface area contributed by atoms with Crippen LogP contribution in [0.3, 0.4) is 0 Å². The lowest BCUT2D eigenvalue weighted by Crippen LogP contribution is -2.40. The first-order valence-electron chi connectivity index (χ1n) is 9.02. The molecule has 0 spiro atoms. The first-order valence-corrected chi connectivity index (χ1v) is 9.40. The molecule has 0 aromatic heterocycles. The van der Waals surface area contributed by atoms with E-state index in [1.807, 2.05) is 19.1 Å². The van der Waals surface area contributed by atoms with Crippen molar-refractivity contribution >= 4 is 17.3 Å². The smallest absolute Gasteiger partial charge is 0.133 e. The third-order valence-corrected chi connectivity index (χ3v) is 7.68. The lowest BCUT2D eigenvalue weighted by Gasteiger charge is -2.44. The number of aliphatic hydroxyl groups excluding tert-OH is 1. The first kappa shape index (κ1) is 14.6. The summed E-state index contributed by atoms with van der Waals surface area (Å²) in [5.74, 6) is 5.56. The van der Waals surface area contributed by atoms with Crippen LogP contribution in [-0.2, 0) is 0 Å². The maximum Gasteiger partial charge on any atom is 0.133 e. The summed E-state index contributed by atoms with van der Waals surface area (Å²) < 4.78 is 0. The Bertz CT molecular complexity index is 616. The van der Waals surface area contributed by atoms with Crippen LogP contribution in [0.5, 0.6) is 0 Å². The van der Waals surface area contributed by atoms with Crippen LogP contribution in [0.4, 0.5) is 5.69 Å². The minimum Gasteiger partial charge on any atom is -0.397 e. The highest BCUT2D eigenvalue weighted by Crippen LogP contribution is 2.67. The molecular formula is C19H25ClN2O. The van der Waals surface area contributed by atoms with E-state index in [1.54, 1.807) is 0 Å². The molecule has 5 fully saturated rings. The van der Waals surface area contributed by atoms with E-state index < -0.39 is 6.23 Å². The van der Waals surface area contributed by atoms with Crippen molar-refractivity contribution in [2.45, 2.75) is 32.4 Å². The molecule has 2 bridgehead atoms. The van der Waals surface area contributed by atoms with Crippen molar-refractivity contribution in [3.63, 3.8) is 0 Å². The molecule has 1 heterocycles. The van der Waals surface area contributed by atoms with Crippen molar-refractivity contribution in [3.8, 4) is 0 Å². The Kier molecular flexibility index (Phi) is 3.08. The van der Waals surface area contributed by atoms with Gasteiger partial charge in [-0.25, -0.2) is 0 Å². The van der Waals surface area contributed by atoms with Gasteiger partial charge in [-0.15, -0.1) is 0 Å². The Morgan fingerprint density at radius 3 is 2.26 bits per heavy atom. The number of anilines is 1. The van der Waals surface area contributed by atoms with Gasteiger partial charge >= 0.3 is 0 Å². The van der Waals surface area contributed by atoms with Gasteiger partial charge in [0.05, 0.1) is 10.7 Å². The van der Waals surface area contributed by atoms with E-state index in [2.05, 4.69) is 4.90 Å². The SMILES string of the molecule is Cc1cc(C(O)N2CC3C4CCC(C5CC45)C3C2)cc(Cl)c1N. The molecule has 4 heteroatoms. The van der Waals surface area contributed by atoms with Gasteiger partial charge in [0.25, 0.3) is 0 Å². The van der Waals surface area contributed by atoms with Crippen molar-refractivity contribution in [2.24, 2.45) is 35.5 Å². The molecular weight excluding hydrogens is 308 g/mol. The Hall–Kier alpha value is -0.770. The minimum absolute atomic E-state index is 0.548. The van der Waals surface area contributed by atoms with Crippen LogP contribution in [0, 0.1) is 42.4 Å². The molecule has 0 radical (unpaired) electrons. The van der Waals surface area contributed by atoms with Gasteiger partial charge in [-0.2, -0.15) is 0 Å². The molecule has 4 aliphatic carbocycles. The van der Waals surface area contributed by atoms with Gasteiger partial charge < -0.3 is 10.8 Å². The Morgan fingerprint density at radius 1 is 1.09 bits per heavy atom. The molecule has 7 unspecified atom stereocenters. The second kappa shape index (κ2) is 4.87. The van der Waals surface area contributed by atoms with Gasteiger partial charge in [-0.3, -0.25) is 4.90 Å². The molecule has 0 amide bonds. The molecule has 7 atom stereocenters. The Morgan fingerprint density at radius 2 is 1.70 bits per heavy atom. The maximum absolute atomic E-state index is 10.9. The molecule has 6 rings (SSSR count). The zero-order chi connectivity index (χ0) is 15.9. The minimum atomic E-state index is -0.548. The molecule has 23 heavy (non-hydrogen) atoms. The largest absolute Gasteiger partial charge is 0.397 e. The molecule has 3 nitrogen and oxygen atoms in total. The molecule has 3 N–H and O–H groups in total. The summed E-state index contributed by atoms with van der Waals surface area (Å²) in [6.45, 7) is 4.06. The van der Waals surface area contributed by atoms with Crippen LogP contribution < -0.4 is 5.73 Å². The maximum atomic E-state index is 10.9. The highest BCUT2D eigenvalue weighted by Gasteiger charge is 2.63. The zero-order valence-electron chi connectivity index (χ0n) is 13.6. The monoisotopic (exact) mass is 332 g/mol. The average molecular weight is 333 g/mol. The summed E-state index contributed by atoms with van der Waals surface area (Å²) in [7, 11) is 0. The normalized spacial score (nSPS) is 42.4. The zero-order valence-corrected chi connectivity index (χ0v) is 14.3. The molecule has 1 saturated heterocycles. The van der Waals surface area contributed by atoms with E-state index >= 15 is 0 Å². The van der Waals surface area contributed by atoms with Crippen LogP contribution in [0.25, 0.3) is 0 Å². The van der Waals surface area contributed by atoms with Crippen LogP contribution in [0.2, 0.25) is 5.02 Å². The van der Waals surface area contributed by atoms with Crippen LogP contribution in [-0.4, -0.2) is 23.1 Å². The van der Waals surface area contributed by atoms with E-state index in [4.69, 9.17) is 17.3 Å². The number of aliphatic hydroxyl groups is 1. The van der Waals surface area contributed by atoms with Crippen molar-refractivity contribution in [2.75, 3.05) is 18.8 Å². The van der Waals surface area contributed by atoms with Gasteiger partial charge in [0, 0.05) is 13.1 Å². The fraction of sp³-hybridized carbons (Fsp3) is 0.684. The number of nitrogens with two attached hydrogens (primary N) is 1. The molecule has 4 saturated carbocycles. The fourth-order valence-corrected chi connectivity index (χ4v) is 6.51. The quantitative estimate of drug-likeness (QED) is 0.816. The van der Waals surface area contributed by atoms with Crippen molar-refractivity contribution < 1.29 is 5.11 Å². The lowest BCUT2D eigenvalue weighted by molar-refractivity contribution is 0.0135. The number of likely N-dealkylation sites (tertiary alicyclic amines) is 1. The van der Waals surface area contributed by atoms with Crippen LogP contribution in [0.1, 0.15) is 36.6 Å². The number of aryl methyl sites for hydroxylation is 1. The Balaban J connectivity index is 1.39. The van der Waals surface area contributed by atoms with Gasteiger partial charge in [0.2, 0.25) is 0 Å². The number of halogens is 1. The predicted molar refractivity (Wildman–Crippen MR) is 91.9 cm³/mol.